The van der Waals surface area contributed by atoms with Crippen LogP contribution in [0.4, 0.5) is 0 Å². The molecule has 160 valence electrons. The van der Waals surface area contributed by atoms with Gasteiger partial charge in [-0.15, -0.1) is 0 Å². The van der Waals surface area contributed by atoms with Crippen molar-refractivity contribution in [2.24, 2.45) is 11.8 Å². The van der Waals surface area contributed by atoms with E-state index in [0.29, 0.717) is 24.0 Å². The molecule has 1 saturated carbocycles. The van der Waals surface area contributed by atoms with Crippen molar-refractivity contribution in [3.63, 3.8) is 0 Å². The molecule has 1 aliphatic rings. The number of nitro groups is 1. The molecule has 1 fully saturated rings. The average Bonchev–Trinajstić information content (AvgIpc) is 3.01. The van der Waals surface area contributed by atoms with Crippen molar-refractivity contribution in [1.29, 1.82) is 0 Å². The molecular weight excluding hydrogens is 448 g/mol. The third-order valence-corrected chi connectivity index (χ3v) is 6.86. The molecule has 6 nitrogen and oxygen atoms in total. The molecule has 30 heavy (non-hydrogen) atoms. The second-order valence-corrected chi connectivity index (χ2v) is 8.93. The van der Waals surface area contributed by atoms with E-state index < -0.39 is 29.4 Å². The first kappa shape index (κ1) is 22.6. The van der Waals surface area contributed by atoms with Gasteiger partial charge < -0.3 is 9.90 Å². The van der Waals surface area contributed by atoms with Gasteiger partial charge in [-0.1, -0.05) is 66.7 Å². The highest BCUT2D eigenvalue weighted by Crippen LogP contribution is 2.56. The maximum absolute atomic E-state index is 12.3. The summed E-state index contributed by atoms with van der Waals surface area (Å²) in [5, 5.41) is 24.2. The highest BCUT2D eigenvalue weighted by molar-refractivity contribution is 9.10. The first-order chi connectivity index (χ1) is 14.4. The fourth-order valence-electron chi connectivity index (χ4n) is 4.94. The summed E-state index contributed by atoms with van der Waals surface area (Å²) in [6.07, 6.45) is 6.48. The normalized spacial score (nSPS) is 28.4. The Balaban J connectivity index is 2.12. The van der Waals surface area contributed by atoms with Crippen molar-refractivity contribution in [2.75, 3.05) is 0 Å². The van der Waals surface area contributed by atoms with Crippen LogP contribution < -0.4 is 0 Å². The zero-order chi connectivity index (χ0) is 21.7. The van der Waals surface area contributed by atoms with Gasteiger partial charge in [0.1, 0.15) is 11.9 Å². The Morgan fingerprint density at radius 3 is 2.50 bits per heavy atom. The number of carbonyl (C=O) groups excluding carboxylic acids is 1. The highest BCUT2D eigenvalue weighted by Gasteiger charge is 2.66. The summed E-state index contributed by atoms with van der Waals surface area (Å²) < 4.78 is 0.848. The lowest BCUT2D eigenvalue weighted by atomic mass is 9.77. The molecule has 3 rings (SSSR count). The number of unbranched alkanes of at least 4 members (excludes halogenated alkanes) is 3. The Hall–Kier alpha value is -2.12. The second kappa shape index (κ2) is 9.79. The van der Waals surface area contributed by atoms with Crippen LogP contribution in [0.2, 0.25) is 0 Å². The second-order valence-electron chi connectivity index (χ2n) is 8.01. The Morgan fingerprint density at radius 1 is 1.20 bits per heavy atom. The van der Waals surface area contributed by atoms with E-state index in [1.54, 1.807) is 36.5 Å². The van der Waals surface area contributed by atoms with Crippen molar-refractivity contribution >= 4 is 22.2 Å². The van der Waals surface area contributed by atoms with Gasteiger partial charge in [0, 0.05) is 15.6 Å². The van der Waals surface area contributed by atoms with Crippen LogP contribution in [-0.2, 0) is 10.4 Å². The number of pyridine rings is 1. The van der Waals surface area contributed by atoms with E-state index in [-0.39, 0.29) is 4.92 Å². The van der Waals surface area contributed by atoms with Gasteiger partial charge in [0.15, 0.2) is 0 Å². The number of aldehydes is 1. The number of aliphatic hydroxyl groups is 1. The number of rotatable bonds is 9. The largest absolute Gasteiger partial charge is 0.382 e. The van der Waals surface area contributed by atoms with E-state index in [9.17, 15) is 20.0 Å². The highest BCUT2D eigenvalue weighted by atomic mass is 79.9. The molecule has 0 aliphatic heterocycles. The molecule has 0 radical (unpaired) electrons. The smallest absolute Gasteiger partial charge is 0.226 e. The number of halogens is 1. The molecule has 1 aromatic heterocycles. The molecule has 1 N–H and O–H groups in total. The fraction of sp³-hybridized carbons (Fsp3) is 0.478. The first-order valence-corrected chi connectivity index (χ1v) is 11.2. The van der Waals surface area contributed by atoms with E-state index >= 15 is 0 Å². The maximum Gasteiger partial charge on any atom is 0.226 e. The van der Waals surface area contributed by atoms with E-state index in [0.717, 1.165) is 30.2 Å². The summed E-state index contributed by atoms with van der Waals surface area (Å²) >= 11 is 3.39. The van der Waals surface area contributed by atoms with Crippen molar-refractivity contribution in [3.05, 3.63) is 74.5 Å². The summed E-state index contributed by atoms with van der Waals surface area (Å²) in [5.41, 5.74) is -0.679. The molecule has 0 spiro atoms. The molecule has 1 aliphatic carbocycles. The minimum atomic E-state index is -1.69. The minimum absolute atomic E-state index is 0.311. The maximum atomic E-state index is 12.3. The van der Waals surface area contributed by atoms with Gasteiger partial charge in [-0.05, 0) is 36.2 Å². The summed E-state index contributed by atoms with van der Waals surface area (Å²) in [7, 11) is 0. The quantitative estimate of drug-likeness (QED) is 0.242. The number of hydrogen-bond donors (Lipinski definition) is 1. The number of nitrogens with zero attached hydrogens (tertiary/aromatic N) is 2. The predicted octanol–water partition coefficient (Wildman–Crippen LogP) is 4.88. The lowest BCUT2D eigenvalue weighted by Crippen LogP contribution is -2.41. The third kappa shape index (κ3) is 4.18. The molecule has 1 heterocycles. The van der Waals surface area contributed by atoms with E-state index in [2.05, 4.69) is 27.8 Å². The summed E-state index contributed by atoms with van der Waals surface area (Å²) in [6.45, 7) is 2.10. The van der Waals surface area contributed by atoms with Gasteiger partial charge in [0.05, 0.1) is 23.4 Å². The van der Waals surface area contributed by atoms with Crippen LogP contribution in [-0.4, -0.2) is 27.3 Å². The molecule has 1 aromatic carbocycles. The number of carbonyl (C=O) groups is 1. The molecule has 0 unspecified atom stereocenters. The SMILES string of the molecule is CCCCCC[C@H]1[C@@H]([N+](=O)[O-])[C@H](c2ccc(Br)cc2)[C@@H](C=O)[C@]1(O)c1ccccn1. The summed E-state index contributed by atoms with van der Waals surface area (Å²) in [6, 6.07) is 11.3. The Morgan fingerprint density at radius 2 is 1.93 bits per heavy atom. The number of benzene rings is 1. The fourth-order valence-corrected chi connectivity index (χ4v) is 5.21. The van der Waals surface area contributed by atoms with Crippen LogP contribution in [0.5, 0.6) is 0 Å². The molecule has 0 saturated heterocycles. The molecule has 0 amide bonds. The molecule has 2 aromatic rings. The van der Waals surface area contributed by atoms with Crippen molar-refractivity contribution in [1.82, 2.24) is 4.98 Å². The van der Waals surface area contributed by atoms with Crippen LogP contribution in [0.25, 0.3) is 0 Å². The molecule has 7 heteroatoms. The van der Waals surface area contributed by atoms with Gasteiger partial charge in [-0.2, -0.15) is 0 Å². The lowest BCUT2D eigenvalue weighted by molar-refractivity contribution is -0.534. The number of hydrogen-bond acceptors (Lipinski definition) is 5. The van der Waals surface area contributed by atoms with Crippen molar-refractivity contribution in [2.45, 2.75) is 56.6 Å². The minimum Gasteiger partial charge on any atom is -0.382 e. The van der Waals surface area contributed by atoms with Crippen LogP contribution >= 0.6 is 15.9 Å². The summed E-state index contributed by atoms with van der Waals surface area (Å²) in [5.74, 6) is -2.39. The zero-order valence-electron chi connectivity index (χ0n) is 17.0. The number of aromatic nitrogens is 1. The van der Waals surface area contributed by atoms with Gasteiger partial charge in [0.2, 0.25) is 6.04 Å². The third-order valence-electron chi connectivity index (χ3n) is 6.33. The van der Waals surface area contributed by atoms with E-state index in [1.165, 1.54) is 0 Å². The first-order valence-electron chi connectivity index (χ1n) is 10.4. The van der Waals surface area contributed by atoms with Gasteiger partial charge in [-0.25, -0.2) is 0 Å². The standard InChI is InChI=1S/C23H27BrN2O4/c1-2-3-4-5-8-18-22(26(29)30)21(16-10-12-17(24)13-11-16)19(15-27)23(18,28)20-9-6-7-14-25-20/h6-7,9-15,18-19,21-22,28H,2-5,8H2,1H3/t18-,19+,21+,22+,23-/m0/s1. The van der Waals surface area contributed by atoms with Crippen LogP contribution in [0, 0.1) is 22.0 Å². The Bertz CT molecular complexity index is 861. The molecule has 5 atom stereocenters. The molecular formula is C23H27BrN2O4. The lowest BCUT2D eigenvalue weighted by Gasteiger charge is -2.32. The topological polar surface area (TPSA) is 93.3 Å². The van der Waals surface area contributed by atoms with Gasteiger partial charge >= 0.3 is 0 Å². The van der Waals surface area contributed by atoms with Gasteiger partial charge in [0.25, 0.3) is 0 Å². The zero-order valence-corrected chi connectivity index (χ0v) is 18.6. The van der Waals surface area contributed by atoms with E-state index in [4.69, 9.17) is 0 Å². The summed E-state index contributed by atoms with van der Waals surface area (Å²) in [4.78, 5) is 28.6. The molecule has 0 bridgehead atoms. The monoisotopic (exact) mass is 474 g/mol. The van der Waals surface area contributed by atoms with Crippen LogP contribution in [0.15, 0.2) is 53.1 Å². The van der Waals surface area contributed by atoms with Gasteiger partial charge in [-0.3, -0.25) is 15.1 Å². The van der Waals surface area contributed by atoms with Crippen LogP contribution in [0.1, 0.15) is 56.2 Å². The van der Waals surface area contributed by atoms with E-state index in [1.807, 2.05) is 12.1 Å². The Labute approximate surface area is 185 Å². The Kier molecular flexibility index (Phi) is 7.36. The van der Waals surface area contributed by atoms with Crippen molar-refractivity contribution in [3.8, 4) is 0 Å². The van der Waals surface area contributed by atoms with Crippen LogP contribution in [0.3, 0.4) is 0 Å². The predicted molar refractivity (Wildman–Crippen MR) is 118 cm³/mol. The van der Waals surface area contributed by atoms with Crippen molar-refractivity contribution < 1.29 is 14.8 Å². The average molecular weight is 475 g/mol.